The summed E-state index contributed by atoms with van der Waals surface area (Å²) >= 11 is 0. The smallest absolute Gasteiger partial charge is 0.0379 e. The van der Waals surface area contributed by atoms with Crippen LogP contribution >= 0.6 is 0 Å². The van der Waals surface area contributed by atoms with E-state index in [1.165, 1.54) is 16.8 Å². The molecule has 0 saturated carbocycles. The van der Waals surface area contributed by atoms with Gasteiger partial charge in [-0.1, -0.05) is 18.2 Å². The number of anilines is 1. The van der Waals surface area contributed by atoms with E-state index in [0.717, 1.165) is 13.0 Å². The normalized spacial score (nSPS) is 18.6. The van der Waals surface area contributed by atoms with Crippen LogP contribution in [0.4, 0.5) is 5.69 Å². The van der Waals surface area contributed by atoms with Gasteiger partial charge in [-0.3, -0.25) is 4.98 Å². The summed E-state index contributed by atoms with van der Waals surface area (Å²) in [4.78, 5) is 4.08. The summed E-state index contributed by atoms with van der Waals surface area (Å²) < 4.78 is 0. The minimum absolute atomic E-state index is 0.514. The highest BCUT2D eigenvalue weighted by Gasteiger charge is 2.20. The number of rotatable bonds is 1. The standard InChI is InChI=1S/C14H14N2/c1-2-4-14-13(3-1)12(7-10-16-14)11-5-8-15-9-6-11/h1-6,8-9,12,16H,7,10H2/t12-/m0/s1. The Morgan fingerprint density at radius 1 is 1.06 bits per heavy atom. The Hall–Kier alpha value is -1.83. The Kier molecular flexibility index (Phi) is 2.33. The molecule has 0 aliphatic carbocycles. The van der Waals surface area contributed by atoms with Crippen molar-refractivity contribution >= 4 is 5.69 Å². The summed E-state index contributed by atoms with van der Waals surface area (Å²) in [6, 6.07) is 12.8. The van der Waals surface area contributed by atoms with Crippen molar-refractivity contribution in [1.29, 1.82) is 0 Å². The number of nitrogens with zero attached hydrogens (tertiary/aromatic N) is 1. The number of nitrogens with one attached hydrogen (secondary N) is 1. The molecule has 0 spiro atoms. The second-order valence-electron chi connectivity index (χ2n) is 4.14. The maximum absolute atomic E-state index is 4.08. The lowest BCUT2D eigenvalue weighted by Crippen LogP contribution is -2.17. The van der Waals surface area contributed by atoms with E-state index in [2.05, 4.69) is 46.7 Å². The van der Waals surface area contributed by atoms with Crippen LogP contribution in [-0.4, -0.2) is 11.5 Å². The monoisotopic (exact) mass is 210 g/mol. The van der Waals surface area contributed by atoms with Gasteiger partial charge >= 0.3 is 0 Å². The molecule has 0 amide bonds. The third kappa shape index (κ3) is 1.56. The zero-order valence-corrected chi connectivity index (χ0v) is 9.06. The fourth-order valence-corrected chi connectivity index (χ4v) is 2.41. The molecule has 2 heteroatoms. The highest BCUT2D eigenvalue weighted by molar-refractivity contribution is 5.57. The molecule has 0 fully saturated rings. The predicted molar refractivity (Wildman–Crippen MR) is 65.6 cm³/mol. The van der Waals surface area contributed by atoms with Crippen LogP contribution in [0.15, 0.2) is 48.8 Å². The number of aromatic nitrogens is 1. The highest BCUT2D eigenvalue weighted by Crippen LogP contribution is 2.35. The summed E-state index contributed by atoms with van der Waals surface area (Å²) in [5.74, 6) is 0.514. The third-order valence-electron chi connectivity index (χ3n) is 3.19. The first-order chi connectivity index (χ1) is 7.95. The quantitative estimate of drug-likeness (QED) is 0.782. The van der Waals surface area contributed by atoms with Gasteiger partial charge in [0, 0.05) is 30.5 Å². The van der Waals surface area contributed by atoms with Gasteiger partial charge in [-0.2, -0.15) is 0 Å². The second-order valence-corrected chi connectivity index (χ2v) is 4.14. The molecule has 1 aliphatic rings. The lowest BCUT2D eigenvalue weighted by molar-refractivity contribution is 0.719. The van der Waals surface area contributed by atoms with Crippen molar-refractivity contribution in [2.75, 3.05) is 11.9 Å². The summed E-state index contributed by atoms with van der Waals surface area (Å²) in [6.45, 7) is 1.05. The van der Waals surface area contributed by atoms with E-state index in [-0.39, 0.29) is 0 Å². The molecule has 0 unspecified atom stereocenters. The average molecular weight is 210 g/mol. The van der Waals surface area contributed by atoms with E-state index in [1.807, 2.05) is 12.4 Å². The van der Waals surface area contributed by atoms with Crippen molar-refractivity contribution in [1.82, 2.24) is 4.98 Å². The van der Waals surface area contributed by atoms with Crippen LogP contribution in [0.5, 0.6) is 0 Å². The van der Waals surface area contributed by atoms with E-state index in [1.54, 1.807) is 0 Å². The van der Waals surface area contributed by atoms with Crippen LogP contribution in [0.25, 0.3) is 0 Å². The van der Waals surface area contributed by atoms with Gasteiger partial charge in [0.15, 0.2) is 0 Å². The minimum Gasteiger partial charge on any atom is -0.385 e. The number of fused-ring (bicyclic) bond motifs is 1. The molecule has 1 aliphatic heterocycles. The van der Waals surface area contributed by atoms with Crippen molar-refractivity contribution in [2.45, 2.75) is 12.3 Å². The number of pyridine rings is 1. The van der Waals surface area contributed by atoms with Gasteiger partial charge in [0.1, 0.15) is 0 Å². The predicted octanol–water partition coefficient (Wildman–Crippen LogP) is 3.03. The molecule has 2 aromatic rings. The summed E-state index contributed by atoms with van der Waals surface area (Å²) in [5, 5.41) is 3.45. The topological polar surface area (TPSA) is 24.9 Å². The molecule has 80 valence electrons. The van der Waals surface area contributed by atoms with E-state index in [9.17, 15) is 0 Å². The van der Waals surface area contributed by atoms with Gasteiger partial charge in [0.25, 0.3) is 0 Å². The van der Waals surface area contributed by atoms with E-state index < -0.39 is 0 Å². The fraction of sp³-hybridized carbons (Fsp3) is 0.214. The molecule has 0 radical (unpaired) electrons. The molecule has 1 N–H and O–H groups in total. The number of benzene rings is 1. The average Bonchev–Trinajstić information content (AvgIpc) is 2.39. The molecule has 1 atom stereocenters. The largest absolute Gasteiger partial charge is 0.385 e. The summed E-state index contributed by atoms with van der Waals surface area (Å²) in [5.41, 5.74) is 4.04. The molecule has 16 heavy (non-hydrogen) atoms. The molecule has 2 nitrogen and oxygen atoms in total. The van der Waals surface area contributed by atoms with Crippen molar-refractivity contribution in [2.24, 2.45) is 0 Å². The van der Waals surface area contributed by atoms with Crippen LogP contribution in [0.2, 0.25) is 0 Å². The maximum Gasteiger partial charge on any atom is 0.0379 e. The third-order valence-corrected chi connectivity index (χ3v) is 3.19. The van der Waals surface area contributed by atoms with Gasteiger partial charge in [-0.15, -0.1) is 0 Å². The minimum atomic E-state index is 0.514. The van der Waals surface area contributed by atoms with Gasteiger partial charge in [-0.05, 0) is 35.7 Å². The van der Waals surface area contributed by atoms with E-state index in [4.69, 9.17) is 0 Å². The first kappa shape index (κ1) is 9.40. The maximum atomic E-state index is 4.08. The van der Waals surface area contributed by atoms with Crippen LogP contribution in [0, 0.1) is 0 Å². The number of para-hydroxylation sites is 1. The first-order valence-electron chi connectivity index (χ1n) is 5.68. The lowest BCUT2D eigenvalue weighted by Gasteiger charge is -2.26. The van der Waals surface area contributed by atoms with Gasteiger partial charge in [-0.25, -0.2) is 0 Å². The first-order valence-corrected chi connectivity index (χ1v) is 5.68. The molecule has 0 bridgehead atoms. The Morgan fingerprint density at radius 3 is 2.75 bits per heavy atom. The van der Waals surface area contributed by atoms with E-state index >= 15 is 0 Å². The van der Waals surface area contributed by atoms with Crippen LogP contribution in [0.1, 0.15) is 23.5 Å². The molecule has 0 saturated heterocycles. The Labute approximate surface area is 95.3 Å². The molecular weight excluding hydrogens is 196 g/mol. The molecule has 1 aromatic carbocycles. The molecule has 3 rings (SSSR count). The van der Waals surface area contributed by atoms with Gasteiger partial charge in [0.2, 0.25) is 0 Å². The fourth-order valence-electron chi connectivity index (χ4n) is 2.41. The summed E-state index contributed by atoms with van der Waals surface area (Å²) in [7, 11) is 0. The zero-order chi connectivity index (χ0) is 10.8. The number of hydrogen-bond acceptors (Lipinski definition) is 2. The van der Waals surface area contributed by atoms with Crippen molar-refractivity contribution in [3.8, 4) is 0 Å². The zero-order valence-electron chi connectivity index (χ0n) is 9.06. The van der Waals surface area contributed by atoms with Gasteiger partial charge in [0.05, 0.1) is 0 Å². The van der Waals surface area contributed by atoms with Crippen molar-refractivity contribution in [3.63, 3.8) is 0 Å². The second kappa shape index (κ2) is 3.97. The highest BCUT2D eigenvalue weighted by atomic mass is 14.9. The van der Waals surface area contributed by atoms with Crippen molar-refractivity contribution in [3.05, 3.63) is 59.9 Å². The Balaban J connectivity index is 2.05. The van der Waals surface area contributed by atoms with Crippen LogP contribution < -0.4 is 5.32 Å². The van der Waals surface area contributed by atoms with Crippen LogP contribution in [-0.2, 0) is 0 Å². The van der Waals surface area contributed by atoms with Crippen molar-refractivity contribution < 1.29 is 0 Å². The Bertz CT molecular complexity index is 479. The molecule has 1 aromatic heterocycles. The summed E-state index contributed by atoms with van der Waals surface area (Å²) in [6.07, 6.45) is 4.90. The SMILES string of the molecule is c1ccc2c(c1)NCC[C@H]2c1ccncc1. The molecule has 2 heterocycles. The Morgan fingerprint density at radius 2 is 1.88 bits per heavy atom. The molecular formula is C14H14N2. The lowest BCUT2D eigenvalue weighted by atomic mass is 9.86. The van der Waals surface area contributed by atoms with Gasteiger partial charge < -0.3 is 5.32 Å². The van der Waals surface area contributed by atoms with Crippen LogP contribution in [0.3, 0.4) is 0 Å². The number of hydrogen-bond donors (Lipinski definition) is 1. The van der Waals surface area contributed by atoms with E-state index in [0.29, 0.717) is 5.92 Å².